The number of thiophene rings is 1. The molecule has 0 aliphatic heterocycles. The first-order valence-electron chi connectivity index (χ1n) is 5.10. The zero-order chi connectivity index (χ0) is 14.9. The van der Waals surface area contributed by atoms with Crippen molar-refractivity contribution in [1.82, 2.24) is 0 Å². The largest absolute Gasteiger partial charge is 0.477 e. The molecule has 0 aliphatic rings. The van der Waals surface area contributed by atoms with Crippen LogP contribution in [-0.4, -0.2) is 19.5 Å². The van der Waals surface area contributed by atoms with Gasteiger partial charge in [0, 0.05) is 0 Å². The van der Waals surface area contributed by atoms with Crippen LogP contribution in [0.1, 0.15) is 9.67 Å². The Labute approximate surface area is 128 Å². The zero-order valence-corrected chi connectivity index (χ0v) is 12.8. The zero-order valence-electron chi connectivity index (χ0n) is 9.63. The van der Waals surface area contributed by atoms with Crippen LogP contribution in [0.2, 0.25) is 10.0 Å². The lowest BCUT2D eigenvalue weighted by Gasteiger charge is -2.08. The van der Waals surface area contributed by atoms with E-state index in [0.29, 0.717) is 0 Å². The summed E-state index contributed by atoms with van der Waals surface area (Å²) in [5.74, 6) is -1.20. The van der Waals surface area contributed by atoms with E-state index in [0.717, 1.165) is 11.3 Å². The SMILES string of the molecule is O=C(O)c1sccc1NS(=O)(=O)c1ccc(Cl)c(Cl)c1. The molecule has 0 saturated carbocycles. The predicted molar refractivity (Wildman–Crippen MR) is 78.5 cm³/mol. The maximum Gasteiger partial charge on any atom is 0.348 e. The van der Waals surface area contributed by atoms with Crippen molar-refractivity contribution in [2.24, 2.45) is 0 Å². The molecular formula is C11H7Cl2NO4S2. The molecule has 1 heterocycles. The molecule has 20 heavy (non-hydrogen) atoms. The van der Waals surface area contributed by atoms with Crippen LogP contribution in [-0.2, 0) is 10.0 Å². The summed E-state index contributed by atoms with van der Waals surface area (Å²) in [5, 5.41) is 10.7. The Morgan fingerprint density at radius 2 is 1.90 bits per heavy atom. The number of carbonyl (C=O) groups is 1. The fraction of sp³-hybridized carbons (Fsp3) is 0. The summed E-state index contributed by atoms with van der Waals surface area (Å²) < 4.78 is 26.5. The number of rotatable bonds is 4. The van der Waals surface area contributed by atoms with Crippen molar-refractivity contribution in [3.05, 3.63) is 44.6 Å². The van der Waals surface area contributed by atoms with E-state index in [1.54, 1.807) is 0 Å². The normalized spacial score (nSPS) is 11.3. The highest BCUT2D eigenvalue weighted by Crippen LogP contribution is 2.28. The molecule has 0 saturated heterocycles. The molecule has 1 aromatic carbocycles. The maximum atomic E-state index is 12.1. The molecule has 0 fully saturated rings. The van der Waals surface area contributed by atoms with E-state index in [4.69, 9.17) is 28.3 Å². The molecule has 2 aromatic rings. The highest BCUT2D eigenvalue weighted by Gasteiger charge is 2.20. The van der Waals surface area contributed by atoms with Gasteiger partial charge in [-0.3, -0.25) is 4.72 Å². The number of benzene rings is 1. The molecular weight excluding hydrogens is 345 g/mol. The van der Waals surface area contributed by atoms with Crippen molar-refractivity contribution in [2.45, 2.75) is 4.90 Å². The smallest absolute Gasteiger partial charge is 0.348 e. The van der Waals surface area contributed by atoms with E-state index in [1.807, 2.05) is 0 Å². The standard InChI is InChI=1S/C11H7Cl2NO4S2/c12-7-2-1-6(5-8(7)13)20(17,18)14-9-3-4-19-10(9)11(15)16/h1-5,14H,(H,15,16). The monoisotopic (exact) mass is 351 g/mol. The van der Waals surface area contributed by atoms with Crippen LogP contribution >= 0.6 is 34.5 Å². The topological polar surface area (TPSA) is 83.5 Å². The number of nitrogens with one attached hydrogen (secondary N) is 1. The van der Waals surface area contributed by atoms with Gasteiger partial charge in [0.05, 0.1) is 20.6 Å². The Balaban J connectivity index is 2.38. The summed E-state index contributed by atoms with van der Waals surface area (Å²) in [4.78, 5) is 10.7. The van der Waals surface area contributed by atoms with Crippen LogP contribution in [0.15, 0.2) is 34.5 Å². The Bertz CT molecular complexity index is 770. The molecule has 2 N–H and O–H groups in total. The van der Waals surface area contributed by atoms with Gasteiger partial charge in [0.2, 0.25) is 0 Å². The van der Waals surface area contributed by atoms with Gasteiger partial charge in [-0.1, -0.05) is 23.2 Å². The van der Waals surface area contributed by atoms with E-state index < -0.39 is 16.0 Å². The lowest BCUT2D eigenvalue weighted by molar-refractivity contribution is 0.0703. The predicted octanol–water partition coefficient (Wildman–Crippen LogP) is 3.55. The first kappa shape index (κ1) is 15.1. The molecule has 5 nitrogen and oxygen atoms in total. The molecule has 0 spiro atoms. The van der Waals surface area contributed by atoms with E-state index in [9.17, 15) is 13.2 Å². The number of halogens is 2. The number of carboxylic acids is 1. The molecule has 2 rings (SSSR count). The molecule has 0 amide bonds. The van der Waals surface area contributed by atoms with Gasteiger partial charge < -0.3 is 5.11 Å². The second-order valence-corrected chi connectivity index (χ2v) is 7.06. The fourth-order valence-electron chi connectivity index (χ4n) is 1.40. The molecule has 0 unspecified atom stereocenters. The fourth-order valence-corrected chi connectivity index (χ4v) is 3.62. The Morgan fingerprint density at radius 1 is 1.20 bits per heavy atom. The van der Waals surface area contributed by atoms with E-state index in [-0.39, 0.29) is 25.5 Å². The van der Waals surface area contributed by atoms with Gasteiger partial charge in [-0.2, -0.15) is 0 Å². The van der Waals surface area contributed by atoms with E-state index in [1.165, 1.54) is 29.6 Å². The minimum Gasteiger partial charge on any atom is -0.477 e. The second-order valence-electron chi connectivity index (χ2n) is 3.65. The van der Waals surface area contributed by atoms with Gasteiger partial charge in [-0.05, 0) is 29.6 Å². The average molecular weight is 352 g/mol. The van der Waals surface area contributed by atoms with Gasteiger partial charge >= 0.3 is 5.97 Å². The average Bonchev–Trinajstić information content (AvgIpc) is 2.80. The highest BCUT2D eigenvalue weighted by atomic mass is 35.5. The van der Waals surface area contributed by atoms with Crippen LogP contribution in [0.25, 0.3) is 0 Å². The van der Waals surface area contributed by atoms with Crippen LogP contribution in [0.3, 0.4) is 0 Å². The number of aromatic carboxylic acids is 1. The summed E-state index contributed by atoms with van der Waals surface area (Å²) in [6.07, 6.45) is 0. The molecule has 106 valence electrons. The van der Waals surface area contributed by atoms with Crippen molar-refractivity contribution in [3.63, 3.8) is 0 Å². The molecule has 0 radical (unpaired) electrons. The minimum absolute atomic E-state index is 0.00794. The first-order valence-corrected chi connectivity index (χ1v) is 8.22. The third-order valence-corrected chi connectivity index (χ3v) is 5.31. The molecule has 9 heteroatoms. The van der Waals surface area contributed by atoms with Gasteiger partial charge in [0.15, 0.2) is 0 Å². The number of hydrogen-bond donors (Lipinski definition) is 2. The molecule has 1 aromatic heterocycles. The van der Waals surface area contributed by atoms with Crippen LogP contribution < -0.4 is 4.72 Å². The summed E-state index contributed by atoms with van der Waals surface area (Å²) in [7, 11) is -3.93. The van der Waals surface area contributed by atoms with Crippen molar-refractivity contribution < 1.29 is 18.3 Å². The van der Waals surface area contributed by atoms with Gasteiger partial charge in [0.25, 0.3) is 10.0 Å². The van der Waals surface area contributed by atoms with Crippen LogP contribution in [0, 0.1) is 0 Å². The van der Waals surface area contributed by atoms with Gasteiger partial charge in [-0.25, -0.2) is 13.2 Å². The Morgan fingerprint density at radius 3 is 2.50 bits per heavy atom. The summed E-state index contributed by atoms with van der Waals surface area (Å²) in [6, 6.07) is 5.20. The third kappa shape index (κ3) is 3.06. The molecule has 0 aliphatic carbocycles. The van der Waals surface area contributed by atoms with Gasteiger partial charge in [-0.15, -0.1) is 11.3 Å². The highest BCUT2D eigenvalue weighted by molar-refractivity contribution is 7.92. The van der Waals surface area contributed by atoms with Crippen molar-refractivity contribution >= 4 is 56.2 Å². The van der Waals surface area contributed by atoms with Crippen LogP contribution in [0.5, 0.6) is 0 Å². The first-order chi connectivity index (χ1) is 9.31. The maximum absolute atomic E-state index is 12.1. The number of carboxylic acid groups (broad SMARTS) is 1. The summed E-state index contributed by atoms with van der Waals surface area (Å²) in [5.41, 5.74) is 0.00794. The minimum atomic E-state index is -3.93. The summed E-state index contributed by atoms with van der Waals surface area (Å²) in [6.45, 7) is 0. The van der Waals surface area contributed by atoms with Crippen molar-refractivity contribution in [1.29, 1.82) is 0 Å². The Kier molecular flexibility index (Phi) is 4.24. The van der Waals surface area contributed by atoms with Gasteiger partial charge in [0.1, 0.15) is 4.88 Å². The number of sulfonamides is 1. The Hall–Kier alpha value is -1.28. The quantitative estimate of drug-likeness (QED) is 0.881. The molecule has 0 bridgehead atoms. The number of hydrogen-bond acceptors (Lipinski definition) is 4. The number of anilines is 1. The second kappa shape index (κ2) is 5.61. The van der Waals surface area contributed by atoms with Crippen LogP contribution in [0.4, 0.5) is 5.69 Å². The third-order valence-electron chi connectivity index (χ3n) is 2.31. The lowest BCUT2D eigenvalue weighted by Crippen LogP contribution is -2.14. The van der Waals surface area contributed by atoms with Crippen molar-refractivity contribution in [3.8, 4) is 0 Å². The van der Waals surface area contributed by atoms with Crippen molar-refractivity contribution in [2.75, 3.05) is 4.72 Å². The molecule has 0 atom stereocenters. The van der Waals surface area contributed by atoms with E-state index >= 15 is 0 Å². The lowest BCUT2D eigenvalue weighted by atomic mass is 10.4. The summed E-state index contributed by atoms with van der Waals surface area (Å²) >= 11 is 12.4. The van der Waals surface area contributed by atoms with E-state index in [2.05, 4.69) is 4.72 Å².